The SMILES string of the molecule is C=C(C)CNC(=S)NC1CCCCCCC1. The van der Waals surface area contributed by atoms with Gasteiger partial charge in [0.2, 0.25) is 0 Å². The van der Waals surface area contributed by atoms with Gasteiger partial charge in [-0.2, -0.15) is 0 Å². The molecule has 1 saturated carbocycles. The lowest BCUT2D eigenvalue weighted by molar-refractivity contribution is 0.427. The molecule has 1 fully saturated rings. The van der Waals surface area contributed by atoms with Crippen LogP contribution in [0.15, 0.2) is 12.2 Å². The molecule has 0 aliphatic heterocycles. The summed E-state index contributed by atoms with van der Waals surface area (Å²) in [5, 5.41) is 7.39. The topological polar surface area (TPSA) is 24.1 Å². The van der Waals surface area contributed by atoms with Crippen molar-refractivity contribution in [3.63, 3.8) is 0 Å². The van der Waals surface area contributed by atoms with Crippen LogP contribution in [0.4, 0.5) is 0 Å². The summed E-state index contributed by atoms with van der Waals surface area (Å²) in [6.45, 7) is 6.63. The first kappa shape index (κ1) is 13.5. The standard InChI is InChI=1S/C13H24N2S/c1-11(2)10-14-13(16)15-12-8-6-4-3-5-7-9-12/h12H,1,3-10H2,2H3,(H2,14,15,16). The molecule has 0 radical (unpaired) electrons. The van der Waals surface area contributed by atoms with Crippen LogP contribution in [0.1, 0.15) is 51.9 Å². The van der Waals surface area contributed by atoms with Gasteiger partial charge < -0.3 is 10.6 Å². The van der Waals surface area contributed by atoms with E-state index in [1.54, 1.807) is 0 Å². The molecule has 0 aromatic rings. The van der Waals surface area contributed by atoms with Gasteiger partial charge in [-0.15, -0.1) is 0 Å². The van der Waals surface area contributed by atoms with E-state index in [0.717, 1.165) is 17.2 Å². The molecule has 3 heteroatoms. The Morgan fingerprint density at radius 2 is 1.75 bits per heavy atom. The first-order valence-corrected chi connectivity index (χ1v) is 6.78. The van der Waals surface area contributed by atoms with Crippen molar-refractivity contribution in [1.29, 1.82) is 0 Å². The fourth-order valence-electron chi connectivity index (χ4n) is 2.07. The van der Waals surface area contributed by atoms with Crippen LogP contribution in [-0.2, 0) is 0 Å². The van der Waals surface area contributed by atoms with Crippen LogP contribution in [0.5, 0.6) is 0 Å². The van der Waals surface area contributed by atoms with Gasteiger partial charge in [-0.25, -0.2) is 0 Å². The normalized spacial score (nSPS) is 18.3. The Labute approximate surface area is 105 Å². The monoisotopic (exact) mass is 240 g/mol. The first-order valence-electron chi connectivity index (χ1n) is 6.37. The molecule has 1 aliphatic carbocycles. The summed E-state index contributed by atoms with van der Waals surface area (Å²) in [6, 6.07) is 0.574. The highest BCUT2D eigenvalue weighted by Gasteiger charge is 2.11. The van der Waals surface area contributed by atoms with Crippen molar-refractivity contribution in [2.45, 2.75) is 57.9 Å². The summed E-state index contributed by atoms with van der Waals surface area (Å²) in [5.41, 5.74) is 1.11. The predicted octanol–water partition coefficient (Wildman–Crippen LogP) is 3.14. The van der Waals surface area contributed by atoms with E-state index in [2.05, 4.69) is 17.2 Å². The molecule has 0 heterocycles. The maximum Gasteiger partial charge on any atom is 0.166 e. The van der Waals surface area contributed by atoms with E-state index in [-0.39, 0.29) is 0 Å². The lowest BCUT2D eigenvalue weighted by atomic mass is 9.97. The Kier molecular flexibility index (Phi) is 6.46. The largest absolute Gasteiger partial charge is 0.360 e. The van der Waals surface area contributed by atoms with E-state index in [1.807, 2.05) is 6.92 Å². The molecule has 0 aromatic carbocycles. The number of thiocarbonyl (C=S) groups is 1. The molecular formula is C13H24N2S. The van der Waals surface area contributed by atoms with Gasteiger partial charge in [-0.05, 0) is 32.0 Å². The first-order chi connectivity index (χ1) is 7.68. The van der Waals surface area contributed by atoms with Crippen molar-refractivity contribution in [1.82, 2.24) is 10.6 Å². The summed E-state index contributed by atoms with van der Waals surface area (Å²) < 4.78 is 0. The number of rotatable bonds is 3. The molecular weight excluding hydrogens is 216 g/mol. The van der Waals surface area contributed by atoms with Gasteiger partial charge in [0.15, 0.2) is 5.11 Å². The maximum atomic E-state index is 5.27. The van der Waals surface area contributed by atoms with Crippen molar-refractivity contribution < 1.29 is 0 Å². The van der Waals surface area contributed by atoms with Crippen LogP contribution in [0.25, 0.3) is 0 Å². The van der Waals surface area contributed by atoms with Crippen LogP contribution < -0.4 is 10.6 Å². The molecule has 0 spiro atoms. The molecule has 0 aromatic heterocycles. The highest BCUT2D eigenvalue weighted by atomic mass is 32.1. The van der Waals surface area contributed by atoms with Crippen LogP contribution in [0.3, 0.4) is 0 Å². The van der Waals surface area contributed by atoms with E-state index in [0.29, 0.717) is 6.04 Å². The fourth-order valence-corrected chi connectivity index (χ4v) is 2.31. The Bertz CT molecular complexity index is 230. The fraction of sp³-hybridized carbons (Fsp3) is 0.769. The predicted molar refractivity (Wildman–Crippen MR) is 74.7 cm³/mol. The van der Waals surface area contributed by atoms with Gasteiger partial charge in [0.05, 0.1) is 0 Å². The van der Waals surface area contributed by atoms with Crippen molar-refractivity contribution in [3.8, 4) is 0 Å². The summed E-state index contributed by atoms with van der Waals surface area (Å²) in [7, 11) is 0. The molecule has 16 heavy (non-hydrogen) atoms. The molecule has 0 unspecified atom stereocenters. The quantitative estimate of drug-likeness (QED) is 0.585. The molecule has 1 aliphatic rings. The zero-order chi connectivity index (χ0) is 11.8. The van der Waals surface area contributed by atoms with E-state index in [1.165, 1.54) is 44.9 Å². The van der Waals surface area contributed by atoms with E-state index < -0.39 is 0 Å². The average Bonchev–Trinajstić information content (AvgIpc) is 2.19. The van der Waals surface area contributed by atoms with Crippen molar-refractivity contribution >= 4 is 17.3 Å². The molecule has 92 valence electrons. The second-order valence-corrected chi connectivity index (χ2v) is 5.23. The summed E-state index contributed by atoms with van der Waals surface area (Å²) in [4.78, 5) is 0. The van der Waals surface area contributed by atoms with Gasteiger partial charge in [0.25, 0.3) is 0 Å². The van der Waals surface area contributed by atoms with Gasteiger partial charge in [-0.1, -0.05) is 44.3 Å². The van der Waals surface area contributed by atoms with Crippen LogP contribution in [0, 0.1) is 0 Å². The number of nitrogens with one attached hydrogen (secondary N) is 2. The average molecular weight is 240 g/mol. The molecule has 0 bridgehead atoms. The Morgan fingerprint density at radius 1 is 1.19 bits per heavy atom. The minimum atomic E-state index is 0.574. The zero-order valence-corrected chi connectivity index (χ0v) is 11.2. The summed E-state index contributed by atoms with van der Waals surface area (Å²) >= 11 is 5.27. The molecule has 0 saturated heterocycles. The van der Waals surface area contributed by atoms with Crippen LogP contribution >= 0.6 is 12.2 Å². The van der Waals surface area contributed by atoms with Gasteiger partial charge in [-0.3, -0.25) is 0 Å². The third-order valence-corrected chi connectivity index (χ3v) is 3.25. The molecule has 2 nitrogen and oxygen atoms in total. The highest BCUT2D eigenvalue weighted by molar-refractivity contribution is 7.80. The van der Waals surface area contributed by atoms with Crippen LogP contribution in [-0.4, -0.2) is 17.7 Å². The Hall–Kier alpha value is -0.570. The Balaban J connectivity index is 2.22. The van der Waals surface area contributed by atoms with Gasteiger partial charge >= 0.3 is 0 Å². The van der Waals surface area contributed by atoms with Crippen LogP contribution in [0.2, 0.25) is 0 Å². The molecule has 2 N–H and O–H groups in total. The van der Waals surface area contributed by atoms with Gasteiger partial charge in [0.1, 0.15) is 0 Å². The second kappa shape index (κ2) is 7.66. The highest BCUT2D eigenvalue weighted by Crippen LogP contribution is 2.16. The molecule has 0 atom stereocenters. The maximum absolute atomic E-state index is 5.27. The number of hydrogen-bond donors (Lipinski definition) is 2. The smallest absolute Gasteiger partial charge is 0.166 e. The van der Waals surface area contributed by atoms with E-state index in [9.17, 15) is 0 Å². The molecule has 0 amide bonds. The van der Waals surface area contributed by atoms with Crippen molar-refractivity contribution in [2.24, 2.45) is 0 Å². The van der Waals surface area contributed by atoms with E-state index >= 15 is 0 Å². The van der Waals surface area contributed by atoms with E-state index in [4.69, 9.17) is 12.2 Å². The summed E-state index contributed by atoms with van der Waals surface area (Å²) in [5.74, 6) is 0. The minimum absolute atomic E-state index is 0.574. The lowest BCUT2D eigenvalue weighted by Crippen LogP contribution is -2.42. The molecule has 1 rings (SSSR count). The van der Waals surface area contributed by atoms with Crippen molar-refractivity contribution in [2.75, 3.05) is 6.54 Å². The van der Waals surface area contributed by atoms with Crippen molar-refractivity contribution in [3.05, 3.63) is 12.2 Å². The third kappa shape index (κ3) is 6.11. The lowest BCUT2D eigenvalue weighted by Gasteiger charge is -2.22. The third-order valence-electron chi connectivity index (χ3n) is 2.99. The Morgan fingerprint density at radius 3 is 2.31 bits per heavy atom. The van der Waals surface area contributed by atoms with Gasteiger partial charge in [0, 0.05) is 12.6 Å². The second-order valence-electron chi connectivity index (χ2n) is 4.83. The summed E-state index contributed by atoms with van der Waals surface area (Å²) in [6.07, 6.45) is 9.35. The zero-order valence-electron chi connectivity index (χ0n) is 10.3. The number of hydrogen-bond acceptors (Lipinski definition) is 1. The minimum Gasteiger partial charge on any atom is -0.360 e.